The average molecular weight is 284 g/mol. The van der Waals surface area contributed by atoms with Crippen LogP contribution in [0.25, 0.3) is 10.9 Å². The van der Waals surface area contributed by atoms with Gasteiger partial charge in [-0.05, 0) is 51.1 Å². The van der Waals surface area contributed by atoms with E-state index < -0.39 is 11.7 Å². The minimum atomic E-state index is -4.30. The van der Waals surface area contributed by atoms with E-state index in [1.54, 1.807) is 6.07 Å². The Morgan fingerprint density at radius 3 is 2.55 bits per heavy atom. The molecule has 0 bridgehead atoms. The Morgan fingerprint density at radius 1 is 1.30 bits per heavy atom. The summed E-state index contributed by atoms with van der Waals surface area (Å²) < 4.78 is 40.5. The van der Waals surface area contributed by atoms with Gasteiger partial charge in [0.15, 0.2) is 0 Å². The first-order valence-electron chi connectivity index (χ1n) is 6.73. The van der Waals surface area contributed by atoms with Crippen LogP contribution in [0, 0.1) is 0 Å². The van der Waals surface area contributed by atoms with Gasteiger partial charge in [-0.3, -0.25) is 0 Å². The van der Waals surface area contributed by atoms with Crippen molar-refractivity contribution in [2.24, 2.45) is 0 Å². The van der Waals surface area contributed by atoms with Crippen LogP contribution in [0.2, 0.25) is 0 Å². The standard InChI is InChI=1S/C15H19F3N2/c1-4-20-9-11(7-10(2)19-3)13-8-12(15(16,17)18)5-6-14(13)20/h5-6,8-10,19H,4,7H2,1-3H3. The van der Waals surface area contributed by atoms with Gasteiger partial charge in [0, 0.05) is 29.7 Å². The van der Waals surface area contributed by atoms with Gasteiger partial charge >= 0.3 is 6.18 Å². The highest BCUT2D eigenvalue weighted by Gasteiger charge is 2.31. The molecular formula is C15H19F3N2. The molecule has 1 aromatic carbocycles. The maximum Gasteiger partial charge on any atom is 0.416 e. The van der Waals surface area contributed by atoms with Crippen molar-refractivity contribution in [3.8, 4) is 0 Å². The smallest absolute Gasteiger partial charge is 0.347 e. The third-order valence-electron chi connectivity index (χ3n) is 3.65. The molecule has 2 rings (SSSR count). The first-order valence-corrected chi connectivity index (χ1v) is 6.73. The highest BCUT2D eigenvalue weighted by Crippen LogP contribution is 2.33. The van der Waals surface area contributed by atoms with E-state index in [9.17, 15) is 13.2 Å². The number of rotatable bonds is 4. The van der Waals surface area contributed by atoms with Crippen LogP contribution in [0.15, 0.2) is 24.4 Å². The highest BCUT2D eigenvalue weighted by atomic mass is 19.4. The lowest BCUT2D eigenvalue weighted by Gasteiger charge is -2.10. The molecule has 0 aliphatic heterocycles. The topological polar surface area (TPSA) is 17.0 Å². The summed E-state index contributed by atoms with van der Waals surface area (Å²) >= 11 is 0. The molecule has 1 aromatic heterocycles. The van der Waals surface area contributed by atoms with Crippen molar-refractivity contribution < 1.29 is 13.2 Å². The number of nitrogens with one attached hydrogen (secondary N) is 1. The second-order valence-corrected chi connectivity index (χ2v) is 5.06. The van der Waals surface area contributed by atoms with E-state index in [4.69, 9.17) is 0 Å². The predicted octanol–water partition coefficient (Wildman–Crippen LogP) is 3.83. The molecule has 2 aromatic rings. The van der Waals surface area contributed by atoms with Crippen LogP contribution in [0.1, 0.15) is 25.0 Å². The second-order valence-electron chi connectivity index (χ2n) is 5.06. The van der Waals surface area contributed by atoms with Crippen LogP contribution in [-0.4, -0.2) is 17.7 Å². The fourth-order valence-corrected chi connectivity index (χ4v) is 2.40. The van der Waals surface area contributed by atoms with Crippen molar-refractivity contribution in [1.29, 1.82) is 0 Å². The van der Waals surface area contributed by atoms with Gasteiger partial charge in [0.2, 0.25) is 0 Å². The lowest BCUT2D eigenvalue weighted by atomic mass is 10.0. The van der Waals surface area contributed by atoms with Gasteiger partial charge in [0.25, 0.3) is 0 Å². The minimum absolute atomic E-state index is 0.223. The maximum absolute atomic E-state index is 12.8. The summed E-state index contributed by atoms with van der Waals surface area (Å²) in [5.41, 5.74) is 1.23. The van der Waals surface area contributed by atoms with Gasteiger partial charge in [-0.2, -0.15) is 13.2 Å². The molecule has 20 heavy (non-hydrogen) atoms. The molecule has 0 saturated carbocycles. The van der Waals surface area contributed by atoms with Crippen molar-refractivity contribution in [3.63, 3.8) is 0 Å². The van der Waals surface area contributed by atoms with Crippen LogP contribution < -0.4 is 5.32 Å². The molecule has 0 radical (unpaired) electrons. The van der Waals surface area contributed by atoms with Crippen molar-refractivity contribution in [2.45, 2.75) is 39.0 Å². The molecule has 1 N–H and O–H groups in total. The number of hydrogen-bond donors (Lipinski definition) is 1. The van der Waals surface area contributed by atoms with Crippen LogP contribution in [-0.2, 0) is 19.1 Å². The summed E-state index contributed by atoms with van der Waals surface area (Å²) in [4.78, 5) is 0. The molecule has 0 spiro atoms. The zero-order valence-corrected chi connectivity index (χ0v) is 11.9. The molecule has 2 nitrogen and oxygen atoms in total. The Labute approximate surface area is 116 Å². The Bertz CT molecular complexity index is 599. The van der Waals surface area contributed by atoms with Crippen LogP contribution in [0.3, 0.4) is 0 Å². The number of fused-ring (bicyclic) bond motifs is 1. The van der Waals surface area contributed by atoms with E-state index in [2.05, 4.69) is 5.32 Å². The summed E-state index contributed by atoms with van der Waals surface area (Å²) in [6.45, 7) is 4.75. The lowest BCUT2D eigenvalue weighted by Crippen LogP contribution is -2.23. The normalized spacial score (nSPS) is 13.9. The molecule has 0 saturated heterocycles. The van der Waals surface area contributed by atoms with Gasteiger partial charge in [-0.15, -0.1) is 0 Å². The van der Waals surface area contributed by atoms with Crippen molar-refractivity contribution >= 4 is 10.9 Å². The Kier molecular flexibility index (Phi) is 4.09. The maximum atomic E-state index is 12.8. The summed E-state index contributed by atoms with van der Waals surface area (Å²) in [6.07, 6.45) is -1.63. The zero-order valence-electron chi connectivity index (χ0n) is 11.9. The van der Waals surface area contributed by atoms with E-state index in [1.165, 1.54) is 6.07 Å². The number of halogens is 3. The van der Waals surface area contributed by atoms with Gasteiger partial charge in [0.1, 0.15) is 0 Å². The zero-order chi connectivity index (χ0) is 14.9. The van der Waals surface area contributed by atoms with Crippen LogP contribution in [0.4, 0.5) is 13.2 Å². The molecule has 5 heteroatoms. The molecule has 110 valence electrons. The number of alkyl halides is 3. The number of hydrogen-bond acceptors (Lipinski definition) is 1. The molecule has 0 amide bonds. The number of aryl methyl sites for hydroxylation is 1. The Hall–Kier alpha value is -1.49. The first-order chi connectivity index (χ1) is 9.36. The molecule has 1 unspecified atom stereocenters. The fraction of sp³-hybridized carbons (Fsp3) is 0.467. The van der Waals surface area contributed by atoms with Crippen molar-refractivity contribution in [3.05, 3.63) is 35.5 Å². The summed E-state index contributed by atoms with van der Waals surface area (Å²) in [6, 6.07) is 4.20. The number of nitrogens with zero attached hydrogens (tertiary/aromatic N) is 1. The number of benzene rings is 1. The summed E-state index contributed by atoms with van der Waals surface area (Å²) in [5.74, 6) is 0. The monoisotopic (exact) mass is 284 g/mol. The molecule has 0 aliphatic carbocycles. The van der Waals surface area contributed by atoms with Crippen LogP contribution in [0.5, 0.6) is 0 Å². The number of likely N-dealkylation sites (N-methyl/N-ethyl adjacent to an activating group) is 1. The lowest BCUT2D eigenvalue weighted by molar-refractivity contribution is -0.137. The molecule has 1 atom stereocenters. The van der Waals surface area contributed by atoms with E-state index in [0.717, 1.165) is 23.7 Å². The molecule has 0 fully saturated rings. The van der Waals surface area contributed by atoms with E-state index in [1.807, 2.05) is 31.7 Å². The third kappa shape index (κ3) is 2.82. The summed E-state index contributed by atoms with van der Waals surface area (Å²) in [7, 11) is 1.85. The second kappa shape index (κ2) is 5.48. The highest BCUT2D eigenvalue weighted by molar-refractivity contribution is 5.85. The van der Waals surface area contributed by atoms with Gasteiger partial charge in [-0.25, -0.2) is 0 Å². The largest absolute Gasteiger partial charge is 0.416 e. The van der Waals surface area contributed by atoms with Gasteiger partial charge in [-0.1, -0.05) is 0 Å². The van der Waals surface area contributed by atoms with Gasteiger partial charge < -0.3 is 9.88 Å². The predicted molar refractivity (Wildman–Crippen MR) is 74.8 cm³/mol. The van der Waals surface area contributed by atoms with Gasteiger partial charge in [0.05, 0.1) is 5.56 Å². The SMILES string of the molecule is CCn1cc(CC(C)NC)c2cc(C(F)(F)F)ccc21. The van der Waals surface area contributed by atoms with Crippen LogP contribution >= 0.6 is 0 Å². The third-order valence-corrected chi connectivity index (χ3v) is 3.65. The first kappa shape index (κ1) is 14.9. The van der Waals surface area contributed by atoms with Crippen molar-refractivity contribution in [1.82, 2.24) is 9.88 Å². The quantitative estimate of drug-likeness (QED) is 0.903. The average Bonchev–Trinajstić information content (AvgIpc) is 2.75. The van der Waals surface area contributed by atoms with E-state index >= 15 is 0 Å². The number of aromatic nitrogens is 1. The summed E-state index contributed by atoms with van der Waals surface area (Å²) in [5, 5.41) is 3.82. The van der Waals surface area contributed by atoms with E-state index in [0.29, 0.717) is 11.8 Å². The van der Waals surface area contributed by atoms with Crippen molar-refractivity contribution in [2.75, 3.05) is 7.05 Å². The molecular weight excluding hydrogens is 265 g/mol. The Morgan fingerprint density at radius 2 is 2.00 bits per heavy atom. The molecule has 0 aliphatic rings. The Balaban J connectivity index is 2.55. The van der Waals surface area contributed by atoms with E-state index in [-0.39, 0.29) is 6.04 Å². The fourth-order valence-electron chi connectivity index (χ4n) is 2.40. The molecule has 1 heterocycles. The minimum Gasteiger partial charge on any atom is -0.347 e.